The Balaban J connectivity index is 1.80. The Morgan fingerprint density at radius 1 is 1.42 bits per heavy atom. The molecule has 1 aliphatic heterocycles. The molecule has 2 aromatic rings. The fourth-order valence-electron chi connectivity index (χ4n) is 1.94. The highest BCUT2D eigenvalue weighted by molar-refractivity contribution is 6.07. The van der Waals surface area contributed by atoms with Gasteiger partial charge >= 0.3 is 0 Å². The largest absolute Gasteiger partial charge is 0.488 e. The Morgan fingerprint density at radius 3 is 3.05 bits per heavy atom. The van der Waals surface area contributed by atoms with E-state index in [1.54, 1.807) is 24.1 Å². The van der Waals surface area contributed by atoms with E-state index >= 15 is 0 Å². The summed E-state index contributed by atoms with van der Waals surface area (Å²) in [6.45, 7) is 0.281. The smallest absolute Gasteiger partial charge is 0.255 e. The zero-order valence-electron chi connectivity index (χ0n) is 10.5. The summed E-state index contributed by atoms with van der Waals surface area (Å²) in [5.74, 6) is 0.642. The van der Waals surface area contributed by atoms with Crippen molar-refractivity contribution in [2.45, 2.75) is 0 Å². The van der Waals surface area contributed by atoms with Gasteiger partial charge in [-0.05, 0) is 12.1 Å². The third-order valence-corrected chi connectivity index (χ3v) is 2.89. The van der Waals surface area contributed by atoms with Gasteiger partial charge in [-0.15, -0.1) is 0 Å². The summed E-state index contributed by atoms with van der Waals surface area (Å²) in [7, 11) is 1.80. The quantitative estimate of drug-likeness (QED) is 0.890. The van der Waals surface area contributed by atoms with E-state index in [1.807, 2.05) is 30.3 Å². The molecule has 0 spiro atoms. The molecule has 3 rings (SSSR count). The van der Waals surface area contributed by atoms with Crippen LogP contribution in [0.5, 0.6) is 5.75 Å². The third kappa shape index (κ3) is 2.35. The predicted octanol–water partition coefficient (Wildman–Crippen LogP) is 1.83. The third-order valence-electron chi connectivity index (χ3n) is 2.89. The molecule has 2 heterocycles. The van der Waals surface area contributed by atoms with E-state index in [9.17, 15) is 4.79 Å². The number of fused-ring (bicyclic) bond motifs is 1. The molecule has 0 fully saturated rings. The molecule has 0 saturated carbocycles. The van der Waals surface area contributed by atoms with Gasteiger partial charge in [0, 0.05) is 18.8 Å². The molecule has 5 heteroatoms. The molecule has 0 unspecified atom stereocenters. The number of carbonyl (C=O) groups is 1. The van der Waals surface area contributed by atoms with E-state index in [1.165, 1.54) is 0 Å². The van der Waals surface area contributed by atoms with E-state index in [0.29, 0.717) is 11.3 Å². The summed E-state index contributed by atoms with van der Waals surface area (Å²) in [5.41, 5.74) is 2.19. The normalized spacial score (nSPS) is 13.2. The van der Waals surface area contributed by atoms with Crippen molar-refractivity contribution >= 4 is 17.7 Å². The molecule has 1 N–H and O–H groups in total. The predicted molar refractivity (Wildman–Crippen MR) is 71.8 cm³/mol. The van der Waals surface area contributed by atoms with Crippen molar-refractivity contribution in [1.29, 1.82) is 0 Å². The van der Waals surface area contributed by atoms with Crippen LogP contribution < -0.4 is 10.1 Å². The number of anilines is 1. The average molecular weight is 255 g/mol. The van der Waals surface area contributed by atoms with E-state index in [4.69, 9.17) is 4.74 Å². The van der Waals surface area contributed by atoms with Crippen LogP contribution in [0.1, 0.15) is 5.56 Å². The van der Waals surface area contributed by atoms with Crippen molar-refractivity contribution < 1.29 is 9.53 Å². The van der Waals surface area contributed by atoms with Crippen molar-refractivity contribution in [3.05, 3.63) is 47.8 Å². The van der Waals surface area contributed by atoms with Crippen LogP contribution in [-0.2, 0) is 11.8 Å². The van der Waals surface area contributed by atoms with Gasteiger partial charge in [0.1, 0.15) is 12.4 Å². The van der Waals surface area contributed by atoms with Gasteiger partial charge < -0.3 is 10.1 Å². The standard InChI is InChI=1S/C14H13N3O2/c1-17-8-12(7-15-17)16-14(18)11-6-10-4-2-3-5-13(10)19-9-11/h2-8H,9H2,1H3,(H,16,18). The first-order valence-corrected chi connectivity index (χ1v) is 5.95. The summed E-state index contributed by atoms with van der Waals surface area (Å²) in [6.07, 6.45) is 5.21. The van der Waals surface area contributed by atoms with Gasteiger partial charge in [0.2, 0.25) is 0 Å². The van der Waals surface area contributed by atoms with Gasteiger partial charge in [-0.25, -0.2) is 0 Å². The van der Waals surface area contributed by atoms with Gasteiger partial charge in [0.25, 0.3) is 5.91 Å². The minimum atomic E-state index is -0.164. The fraction of sp³-hybridized carbons (Fsp3) is 0.143. The average Bonchev–Trinajstić information content (AvgIpc) is 2.83. The van der Waals surface area contributed by atoms with Crippen molar-refractivity contribution in [3.8, 4) is 5.75 Å². The Kier molecular flexibility index (Phi) is 2.79. The number of amides is 1. The van der Waals surface area contributed by atoms with Gasteiger partial charge in [0.05, 0.1) is 17.5 Å². The van der Waals surface area contributed by atoms with E-state index in [2.05, 4.69) is 10.4 Å². The lowest BCUT2D eigenvalue weighted by Crippen LogP contribution is -2.21. The van der Waals surface area contributed by atoms with E-state index < -0.39 is 0 Å². The Hall–Kier alpha value is -2.56. The number of rotatable bonds is 2. The number of nitrogens with zero attached hydrogens (tertiary/aromatic N) is 2. The van der Waals surface area contributed by atoms with Crippen molar-refractivity contribution in [2.24, 2.45) is 7.05 Å². The van der Waals surface area contributed by atoms with Crippen molar-refractivity contribution in [3.63, 3.8) is 0 Å². The monoisotopic (exact) mass is 255 g/mol. The number of hydrogen-bond donors (Lipinski definition) is 1. The van der Waals surface area contributed by atoms with E-state index in [-0.39, 0.29) is 12.5 Å². The fourth-order valence-corrected chi connectivity index (χ4v) is 1.94. The first-order valence-electron chi connectivity index (χ1n) is 5.95. The molecule has 0 bridgehead atoms. The number of aromatic nitrogens is 2. The number of ether oxygens (including phenoxy) is 1. The molecule has 5 nitrogen and oxygen atoms in total. The van der Waals surface area contributed by atoms with Crippen LogP contribution in [0.15, 0.2) is 42.2 Å². The first kappa shape index (κ1) is 11.5. The molecule has 96 valence electrons. The Morgan fingerprint density at radius 2 is 2.26 bits per heavy atom. The lowest BCUT2D eigenvalue weighted by atomic mass is 10.1. The molecule has 1 amide bonds. The summed E-state index contributed by atoms with van der Waals surface area (Å²) in [4.78, 5) is 12.1. The number of aryl methyl sites for hydroxylation is 1. The van der Waals surface area contributed by atoms with Crippen LogP contribution in [0.2, 0.25) is 0 Å². The van der Waals surface area contributed by atoms with Crippen LogP contribution in [0.25, 0.3) is 6.08 Å². The summed E-state index contributed by atoms with van der Waals surface area (Å²) >= 11 is 0. The van der Waals surface area contributed by atoms with Crippen molar-refractivity contribution in [2.75, 3.05) is 11.9 Å². The molecule has 19 heavy (non-hydrogen) atoms. The maximum atomic E-state index is 12.1. The second-order valence-corrected chi connectivity index (χ2v) is 4.35. The number of nitrogens with one attached hydrogen (secondary N) is 1. The van der Waals surface area contributed by atoms with Crippen LogP contribution in [0.3, 0.4) is 0 Å². The molecule has 0 atom stereocenters. The Labute approximate surface area is 110 Å². The maximum absolute atomic E-state index is 12.1. The number of benzene rings is 1. The molecule has 0 aliphatic carbocycles. The molecule has 1 aromatic carbocycles. The van der Waals surface area contributed by atoms with Gasteiger partial charge in [-0.2, -0.15) is 5.10 Å². The highest BCUT2D eigenvalue weighted by Gasteiger charge is 2.17. The van der Waals surface area contributed by atoms with Crippen molar-refractivity contribution in [1.82, 2.24) is 9.78 Å². The van der Waals surface area contributed by atoms with Gasteiger partial charge in [-0.3, -0.25) is 9.48 Å². The SMILES string of the molecule is Cn1cc(NC(=O)C2=Cc3ccccc3OC2)cn1. The molecule has 1 aliphatic rings. The molecule has 1 aromatic heterocycles. The summed E-state index contributed by atoms with van der Waals surface area (Å²) < 4.78 is 7.19. The van der Waals surface area contributed by atoms with Crippen LogP contribution in [0, 0.1) is 0 Å². The highest BCUT2D eigenvalue weighted by Crippen LogP contribution is 2.26. The first-order chi connectivity index (χ1) is 9.22. The number of hydrogen-bond acceptors (Lipinski definition) is 3. The minimum absolute atomic E-state index is 0.164. The molecule has 0 radical (unpaired) electrons. The second-order valence-electron chi connectivity index (χ2n) is 4.35. The number of carbonyl (C=O) groups excluding carboxylic acids is 1. The maximum Gasteiger partial charge on any atom is 0.255 e. The molecular weight excluding hydrogens is 242 g/mol. The van der Waals surface area contributed by atoms with Gasteiger partial charge in [-0.1, -0.05) is 18.2 Å². The number of para-hydroxylation sites is 1. The lowest BCUT2D eigenvalue weighted by molar-refractivity contribution is -0.113. The zero-order chi connectivity index (χ0) is 13.2. The van der Waals surface area contributed by atoms with Gasteiger partial charge in [0.15, 0.2) is 0 Å². The topological polar surface area (TPSA) is 56.2 Å². The molecule has 0 saturated heterocycles. The van der Waals surface area contributed by atoms with Crippen LogP contribution in [0.4, 0.5) is 5.69 Å². The van der Waals surface area contributed by atoms with Crippen LogP contribution in [-0.4, -0.2) is 22.3 Å². The Bertz CT molecular complexity index is 658. The van der Waals surface area contributed by atoms with Crippen LogP contribution >= 0.6 is 0 Å². The second kappa shape index (κ2) is 4.61. The summed E-state index contributed by atoms with van der Waals surface area (Å²) in [5, 5.41) is 6.79. The van der Waals surface area contributed by atoms with E-state index in [0.717, 1.165) is 11.3 Å². The summed E-state index contributed by atoms with van der Waals surface area (Å²) in [6, 6.07) is 7.64. The zero-order valence-corrected chi connectivity index (χ0v) is 10.5. The molecular formula is C14H13N3O2. The lowest BCUT2D eigenvalue weighted by Gasteiger charge is -2.17. The minimum Gasteiger partial charge on any atom is -0.488 e. The highest BCUT2D eigenvalue weighted by atomic mass is 16.5.